The second-order valence-electron chi connectivity index (χ2n) is 5.90. The Morgan fingerprint density at radius 3 is 2.05 bits per heavy atom. The molecule has 0 amide bonds. The largest absolute Gasteiger partial charge is 0.207 e. The number of hydrogen-bond donors (Lipinski definition) is 0. The second-order valence-corrected chi connectivity index (χ2v) is 6.34. The van der Waals surface area contributed by atoms with Crippen molar-refractivity contribution < 1.29 is 8.78 Å². The van der Waals surface area contributed by atoms with Gasteiger partial charge in [-0.3, -0.25) is 0 Å². The number of halogens is 3. The molecule has 0 spiro atoms. The van der Waals surface area contributed by atoms with E-state index in [-0.39, 0.29) is 11.0 Å². The number of benzene rings is 2. The van der Waals surface area contributed by atoms with E-state index in [2.05, 4.69) is 20.8 Å². The van der Waals surface area contributed by atoms with E-state index in [0.29, 0.717) is 0 Å². The van der Waals surface area contributed by atoms with Crippen molar-refractivity contribution >= 4 is 11.6 Å². The fraction of sp³-hybridized carbons (Fsp3) is 0.294. The van der Waals surface area contributed by atoms with Gasteiger partial charge in [-0.1, -0.05) is 51.1 Å². The quantitative estimate of drug-likeness (QED) is 0.633. The Morgan fingerprint density at radius 2 is 1.55 bits per heavy atom. The molecule has 0 nitrogen and oxygen atoms in total. The van der Waals surface area contributed by atoms with Gasteiger partial charge >= 0.3 is 0 Å². The maximum absolute atomic E-state index is 13.7. The topological polar surface area (TPSA) is 0 Å². The zero-order valence-electron chi connectivity index (χ0n) is 11.8. The SMILES string of the molecule is CC(C)(C)c1ccc(C(Cl)c2ccc(F)cc2F)cc1. The predicted molar refractivity (Wildman–Crippen MR) is 79.2 cm³/mol. The molecule has 3 heteroatoms. The van der Waals surface area contributed by atoms with Crippen molar-refractivity contribution in [1.82, 2.24) is 0 Å². The van der Waals surface area contributed by atoms with Crippen LogP contribution >= 0.6 is 11.6 Å². The molecule has 0 aliphatic rings. The maximum atomic E-state index is 13.7. The van der Waals surface area contributed by atoms with Crippen LogP contribution < -0.4 is 0 Å². The first-order valence-corrected chi connectivity index (χ1v) is 6.92. The standard InChI is InChI=1S/C17H17ClF2/c1-17(2,3)12-6-4-11(5-7-12)16(18)14-9-8-13(19)10-15(14)20/h4-10,16H,1-3H3. The molecule has 1 atom stereocenters. The maximum Gasteiger partial charge on any atom is 0.131 e. The third-order valence-electron chi connectivity index (χ3n) is 3.30. The molecule has 0 aromatic heterocycles. The van der Waals surface area contributed by atoms with Gasteiger partial charge in [0.2, 0.25) is 0 Å². The van der Waals surface area contributed by atoms with Crippen LogP contribution in [0.3, 0.4) is 0 Å². The van der Waals surface area contributed by atoms with Gasteiger partial charge in [0.05, 0.1) is 5.38 Å². The molecule has 1 unspecified atom stereocenters. The van der Waals surface area contributed by atoms with Crippen molar-refractivity contribution in [3.63, 3.8) is 0 Å². The molecule has 0 aliphatic heterocycles. The summed E-state index contributed by atoms with van der Waals surface area (Å²) in [6.45, 7) is 6.37. The van der Waals surface area contributed by atoms with Crippen molar-refractivity contribution in [3.8, 4) is 0 Å². The lowest BCUT2D eigenvalue weighted by Crippen LogP contribution is -2.11. The zero-order chi connectivity index (χ0) is 14.9. The van der Waals surface area contributed by atoms with Crippen molar-refractivity contribution in [2.45, 2.75) is 31.6 Å². The van der Waals surface area contributed by atoms with Gasteiger partial charge in [0.15, 0.2) is 0 Å². The fourth-order valence-corrected chi connectivity index (χ4v) is 2.36. The molecule has 106 valence electrons. The van der Waals surface area contributed by atoms with Crippen LogP contribution in [0.25, 0.3) is 0 Å². The van der Waals surface area contributed by atoms with Gasteiger partial charge < -0.3 is 0 Å². The Labute approximate surface area is 123 Å². The average Bonchev–Trinajstić information content (AvgIpc) is 2.37. The Balaban J connectivity index is 2.31. The number of rotatable bonds is 2. The zero-order valence-corrected chi connectivity index (χ0v) is 12.5. The summed E-state index contributed by atoms with van der Waals surface area (Å²) in [7, 11) is 0. The summed E-state index contributed by atoms with van der Waals surface area (Å²) < 4.78 is 26.6. The van der Waals surface area contributed by atoms with E-state index >= 15 is 0 Å². The van der Waals surface area contributed by atoms with Crippen LogP contribution in [-0.2, 0) is 5.41 Å². The molecular weight excluding hydrogens is 278 g/mol. The first-order valence-electron chi connectivity index (χ1n) is 6.48. The van der Waals surface area contributed by atoms with Crippen LogP contribution in [-0.4, -0.2) is 0 Å². The molecule has 0 saturated carbocycles. The molecule has 0 bridgehead atoms. The summed E-state index contributed by atoms with van der Waals surface area (Å²) in [5.41, 5.74) is 2.33. The molecule has 0 N–H and O–H groups in total. The lowest BCUT2D eigenvalue weighted by atomic mass is 9.86. The van der Waals surface area contributed by atoms with Crippen LogP contribution in [0.2, 0.25) is 0 Å². The van der Waals surface area contributed by atoms with Gasteiger partial charge in [0, 0.05) is 11.6 Å². The lowest BCUT2D eigenvalue weighted by Gasteiger charge is -2.20. The van der Waals surface area contributed by atoms with Crippen molar-refractivity contribution in [3.05, 3.63) is 70.8 Å². The van der Waals surface area contributed by atoms with Crippen molar-refractivity contribution in [1.29, 1.82) is 0 Å². The second kappa shape index (κ2) is 5.53. The molecule has 0 fully saturated rings. The summed E-state index contributed by atoms with van der Waals surface area (Å²) >= 11 is 6.29. The normalized spacial score (nSPS) is 13.3. The minimum atomic E-state index is -0.621. The van der Waals surface area contributed by atoms with Crippen molar-refractivity contribution in [2.24, 2.45) is 0 Å². The molecular formula is C17H17ClF2. The van der Waals surface area contributed by atoms with Gasteiger partial charge in [0.1, 0.15) is 11.6 Å². The molecule has 2 aromatic rings. The Bertz CT molecular complexity index is 597. The third-order valence-corrected chi connectivity index (χ3v) is 3.79. The van der Waals surface area contributed by atoms with Gasteiger partial charge in [-0.15, -0.1) is 11.6 Å². The van der Waals surface area contributed by atoms with Gasteiger partial charge in [-0.2, -0.15) is 0 Å². The lowest BCUT2D eigenvalue weighted by molar-refractivity contribution is 0.573. The highest BCUT2D eigenvalue weighted by Crippen LogP contribution is 2.32. The molecule has 0 radical (unpaired) electrons. The van der Waals surface area contributed by atoms with Crippen LogP contribution in [0.1, 0.15) is 42.8 Å². The van der Waals surface area contributed by atoms with Gasteiger partial charge in [-0.05, 0) is 22.6 Å². The average molecular weight is 295 g/mol. The van der Waals surface area contributed by atoms with E-state index in [1.165, 1.54) is 17.7 Å². The summed E-state index contributed by atoms with van der Waals surface area (Å²) in [6.07, 6.45) is 0. The number of alkyl halides is 1. The molecule has 2 rings (SSSR count). The fourth-order valence-electron chi connectivity index (χ4n) is 2.04. The molecule has 0 aliphatic carbocycles. The highest BCUT2D eigenvalue weighted by Gasteiger charge is 2.18. The summed E-state index contributed by atoms with van der Waals surface area (Å²) in [4.78, 5) is 0. The monoisotopic (exact) mass is 294 g/mol. The first-order chi connectivity index (χ1) is 9.29. The van der Waals surface area contributed by atoms with Crippen LogP contribution in [0.15, 0.2) is 42.5 Å². The first kappa shape index (κ1) is 15.0. The van der Waals surface area contributed by atoms with Gasteiger partial charge in [0.25, 0.3) is 0 Å². The van der Waals surface area contributed by atoms with E-state index in [1.54, 1.807) is 0 Å². The van der Waals surface area contributed by atoms with E-state index in [1.807, 2.05) is 24.3 Å². The smallest absolute Gasteiger partial charge is 0.131 e. The summed E-state index contributed by atoms with van der Waals surface area (Å²) in [5, 5.41) is -0.621. The van der Waals surface area contributed by atoms with Gasteiger partial charge in [-0.25, -0.2) is 8.78 Å². The van der Waals surface area contributed by atoms with Crippen LogP contribution in [0.5, 0.6) is 0 Å². The predicted octanol–water partition coefficient (Wildman–Crippen LogP) is 5.59. The number of hydrogen-bond acceptors (Lipinski definition) is 0. The summed E-state index contributed by atoms with van der Waals surface area (Å²) in [5.74, 6) is -1.22. The van der Waals surface area contributed by atoms with Crippen molar-refractivity contribution in [2.75, 3.05) is 0 Å². The third kappa shape index (κ3) is 3.18. The molecule has 20 heavy (non-hydrogen) atoms. The highest BCUT2D eigenvalue weighted by molar-refractivity contribution is 6.22. The van der Waals surface area contributed by atoms with E-state index in [9.17, 15) is 8.78 Å². The Morgan fingerprint density at radius 1 is 0.950 bits per heavy atom. The van der Waals surface area contributed by atoms with E-state index in [0.717, 1.165) is 11.6 Å². The minimum absolute atomic E-state index is 0.0570. The summed E-state index contributed by atoms with van der Waals surface area (Å²) in [6, 6.07) is 11.2. The minimum Gasteiger partial charge on any atom is -0.207 e. The molecule has 2 aromatic carbocycles. The van der Waals surface area contributed by atoms with E-state index < -0.39 is 17.0 Å². The molecule has 0 saturated heterocycles. The molecule has 0 heterocycles. The van der Waals surface area contributed by atoms with E-state index in [4.69, 9.17) is 11.6 Å². The Kier molecular flexibility index (Phi) is 4.14. The van der Waals surface area contributed by atoms with Crippen LogP contribution in [0.4, 0.5) is 8.78 Å². The van der Waals surface area contributed by atoms with Crippen LogP contribution in [0, 0.1) is 11.6 Å². The highest BCUT2D eigenvalue weighted by atomic mass is 35.5. The Hall–Kier alpha value is -1.41.